The number of fused-ring (bicyclic) bond motifs is 3. The lowest BCUT2D eigenvalue weighted by molar-refractivity contribution is -0.137. The fourth-order valence-corrected chi connectivity index (χ4v) is 7.21. The third-order valence-corrected chi connectivity index (χ3v) is 9.75. The molecule has 0 N–H and O–H groups in total. The van der Waals surface area contributed by atoms with Gasteiger partial charge in [0.05, 0.1) is 33.9 Å². The van der Waals surface area contributed by atoms with Gasteiger partial charge >= 0.3 is 6.18 Å². The summed E-state index contributed by atoms with van der Waals surface area (Å²) < 4.78 is 45.5. The van der Waals surface area contributed by atoms with Crippen molar-refractivity contribution >= 4 is 21.8 Å². The molecule has 0 aliphatic rings. The lowest BCUT2D eigenvalue weighted by Crippen LogP contribution is -2.07. The third kappa shape index (κ3) is 6.08. The van der Waals surface area contributed by atoms with E-state index in [1.807, 2.05) is 121 Å². The summed E-state index contributed by atoms with van der Waals surface area (Å²) in [6, 6.07) is 53.8. The molecule has 9 rings (SSSR count). The molecule has 0 spiro atoms. The van der Waals surface area contributed by atoms with E-state index in [4.69, 9.17) is 15.0 Å². The summed E-state index contributed by atoms with van der Waals surface area (Å²) in [5.41, 5.74) is 6.22. The zero-order valence-electron chi connectivity index (χ0n) is 29.0. The summed E-state index contributed by atoms with van der Waals surface area (Å²) >= 11 is 0. The highest BCUT2D eigenvalue weighted by molar-refractivity contribution is 6.11. The Morgan fingerprint density at radius 1 is 0.455 bits per heavy atom. The van der Waals surface area contributed by atoms with Gasteiger partial charge in [0.1, 0.15) is 0 Å². The minimum absolute atomic E-state index is 0.0535. The fraction of sp³-hybridized carbons (Fsp3) is 0.0213. The predicted octanol–water partition coefficient (Wildman–Crippen LogP) is 12.2. The van der Waals surface area contributed by atoms with E-state index in [1.165, 1.54) is 12.1 Å². The molecule has 0 saturated heterocycles. The standard InChI is InChI=1S/C47H28F3N5/c48-47(49,50)40-21-11-9-19-36(40)33-24-26-39(46-53-44(30-13-3-1-4-14-30)52-45(54-46)31-15-5-2-6-16-31)43(28-33)55-41-22-12-10-20-37(41)38-25-23-32(27-42(38)55)35-18-8-7-17-34(35)29-51/h1-28H. The Hall–Kier alpha value is -7.37. The maximum atomic E-state index is 14.5. The van der Waals surface area contributed by atoms with E-state index in [0.29, 0.717) is 39.9 Å². The molecule has 0 saturated carbocycles. The lowest BCUT2D eigenvalue weighted by atomic mass is 9.96. The van der Waals surface area contributed by atoms with Gasteiger partial charge in [0.2, 0.25) is 0 Å². The van der Waals surface area contributed by atoms with E-state index >= 15 is 0 Å². The van der Waals surface area contributed by atoms with Gasteiger partial charge in [0.15, 0.2) is 17.5 Å². The molecular formula is C47H28F3N5. The second-order valence-electron chi connectivity index (χ2n) is 13.1. The largest absolute Gasteiger partial charge is 0.417 e. The number of hydrogen-bond acceptors (Lipinski definition) is 4. The number of nitrogens with zero attached hydrogens (tertiary/aromatic N) is 5. The number of para-hydroxylation sites is 1. The monoisotopic (exact) mass is 719 g/mol. The molecule has 9 aromatic rings. The van der Waals surface area contributed by atoms with Crippen molar-refractivity contribution in [2.45, 2.75) is 6.18 Å². The summed E-state index contributed by atoms with van der Waals surface area (Å²) in [6.45, 7) is 0. The SMILES string of the molecule is N#Cc1ccccc1-c1ccc2c3ccccc3n(-c3cc(-c4ccccc4C(F)(F)F)ccc3-c3nc(-c4ccccc4)nc(-c4ccccc4)n3)c2c1. The van der Waals surface area contributed by atoms with Crippen LogP contribution in [0.5, 0.6) is 0 Å². The Morgan fingerprint density at radius 3 is 1.69 bits per heavy atom. The van der Waals surface area contributed by atoms with Crippen molar-refractivity contribution in [1.29, 1.82) is 5.26 Å². The predicted molar refractivity (Wildman–Crippen MR) is 211 cm³/mol. The van der Waals surface area contributed by atoms with Gasteiger partial charge in [-0.3, -0.25) is 0 Å². The van der Waals surface area contributed by atoms with Gasteiger partial charge in [-0.25, -0.2) is 15.0 Å². The first kappa shape index (κ1) is 33.5. The summed E-state index contributed by atoms with van der Waals surface area (Å²) in [4.78, 5) is 14.9. The Bertz CT molecular complexity index is 2870. The minimum atomic E-state index is -4.57. The van der Waals surface area contributed by atoms with Gasteiger partial charge in [-0.15, -0.1) is 0 Å². The van der Waals surface area contributed by atoms with Crippen LogP contribution in [0.3, 0.4) is 0 Å². The molecule has 7 aromatic carbocycles. The second-order valence-corrected chi connectivity index (χ2v) is 13.1. The molecule has 0 bridgehead atoms. The summed E-state index contributed by atoms with van der Waals surface area (Å²) in [5.74, 6) is 1.27. The van der Waals surface area contributed by atoms with Gasteiger partial charge in [0.25, 0.3) is 0 Å². The molecule has 5 nitrogen and oxygen atoms in total. The molecular weight excluding hydrogens is 692 g/mol. The maximum Gasteiger partial charge on any atom is 0.417 e. The highest BCUT2D eigenvalue weighted by Gasteiger charge is 2.33. The lowest BCUT2D eigenvalue weighted by Gasteiger charge is -2.18. The molecule has 8 heteroatoms. The molecule has 0 unspecified atom stereocenters. The maximum absolute atomic E-state index is 14.5. The molecule has 262 valence electrons. The first-order valence-corrected chi connectivity index (χ1v) is 17.6. The normalized spacial score (nSPS) is 11.5. The van der Waals surface area contributed by atoms with Crippen molar-refractivity contribution in [3.05, 3.63) is 181 Å². The van der Waals surface area contributed by atoms with Crippen LogP contribution >= 0.6 is 0 Å². The number of aromatic nitrogens is 4. The van der Waals surface area contributed by atoms with Crippen molar-refractivity contribution in [3.8, 4) is 68.2 Å². The van der Waals surface area contributed by atoms with E-state index < -0.39 is 11.7 Å². The number of hydrogen-bond donors (Lipinski definition) is 0. The topological polar surface area (TPSA) is 67.4 Å². The van der Waals surface area contributed by atoms with E-state index in [0.717, 1.165) is 50.1 Å². The smallest absolute Gasteiger partial charge is 0.308 e. The Labute approximate surface area is 314 Å². The van der Waals surface area contributed by atoms with Crippen LogP contribution in [0.25, 0.3) is 83.9 Å². The molecule has 0 aliphatic heterocycles. The average Bonchev–Trinajstić information content (AvgIpc) is 3.57. The molecule has 55 heavy (non-hydrogen) atoms. The van der Waals surface area contributed by atoms with Crippen molar-refractivity contribution < 1.29 is 13.2 Å². The Balaban J connectivity index is 1.38. The molecule has 0 atom stereocenters. The van der Waals surface area contributed by atoms with Gasteiger partial charge < -0.3 is 4.57 Å². The minimum Gasteiger partial charge on any atom is -0.308 e. The highest BCUT2D eigenvalue weighted by atomic mass is 19.4. The zero-order valence-corrected chi connectivity index (χ0v) is 29.0. The number of halogens is 3. The summed E-state index contributed by atoms with van der Waals surface area (Å²) in [7, 11) is 0. The highest BCUT2D eigenvalue weighted by Crippen LogP contribution is 2.42. The van der Waals surface area contributed by atoms with Crippen molar-refractivity contribution in [2.24, 2.45) is 0 Å². The summed E-state index contributed by atoms with van der Waals surface area (Å²) in [6.07, 6.45) is -4.57. The van der Waals surface area contributed by atoms with Crippen LogP contribution < -0.4 is 0 Å². The Kier molecular flexibility index (Phi) is 8.25. The first-order chi connectivity index (χ1) is 26.9. The summed E-state index contributed by atoms with van der Waals surface area (Å²) in [5, 5.41) is 11.9. The second kappa shape index (κ2) is 13.6. The van der Waals surface area contributed by atoms with Gasteiger partial charge in [0, 0.05) is 27.5 Å². The molecule has 0 fully saturated rings. The van der Waals surface area contributed by atoms with E-state index in [1.54, 1.807) is 30.3 Å². The van der Waals surface area contributed by atoms with Crippen molar-refractivity contribution in [3.63, 3.8) is 0 Å². The molecule has 0 aliphatic carbocycles. The quantitative estimate of drug-likeness (QED) is 0.172. The molecule has 0 radical (unpaired) electrons. The molecule has 0 amide bonds. The zero-order chi connectivity index (χ0) is 37.5. The third-order valence-electron chi connectivity index (χ3n) is 9.75. The molecule has 2 heterocycles. The number of alkyl halides is 3. The van der Waals surface area contributed by atoms with E-state index in [-0.39, 0.29) is 5.56 Å². The van der Waals surface area contributed by atoms with Gasteiger partial charge in [-0.2, -0.15) is 18.4 Å². The van der Waals surface area contributed by atoms with Gasteiger partial charge in [-0.05, 0) is 58.7 Å². The van der Waals surface area contributed by atoms with Crippen LogP contribution in [0.1, 0.15) is 11.1 Å². The van der Waals surface area contributed by atoms with Crippen molar-refractivity contribution in [1.82, 2.24) is 19.5 Å². The van der Waals surface area contributed by atoms with Crippen molar-refractivity contribution in [2.75, 3.05) is 0 Å². The van der Waals surface area contributed by atoms with Crippen LogP contribution in [-0.2, 0) is 6.18 Å². The van der Waals surface area contributed by atoms with Gasteiger partial charge in [-0.1, -0.05) is 133 Å². The Morgan fingerprint density at radius 2 is 1.00 bits per heavy atom. The first-order valence-electron chi connectivity index (χ1n) is 17.6. The molecule has 2 aromatic heterocycles. The number of benzene rings is 7. The van der Waals surface area contributed by atoms with Crippen LogP contribution in [0.4, 0.5) is 13.2 Å². The fourth-order valence-electron chi connectivity index (χ4n) is 7.21. The number of nitriles is 1. The van der Waals surface area contributed by atoms with Crippen LogP contribution in [0, 0.1) is 11.3 Å². The average molecular weight is 720 g/mol. The van der Waals surface area contributed by atoms with Crippen LogP contribution in [0.15, 0.2) is 170 Å². The van der Waals surface area contributed by atoms with E-state index in [9.17, 15) is 18.4 Å². The number of rotatable bonds is 6. The van der Waals surface area contributed by atoms with Crippen LogP contribution in [-0.4, -0.2) is 19.5 Å². The van der Waals surface area contributed by atoms with E-state index in [2.05, 4.69) is 10.6 Å². The van der Waals surface area contributed by atoms with Crippen LogP contribution in [0.2, 0.25) is 0 Å².